The van der Waals surface area contributed by atoms with E-state index in [2.05, 4.69) is 0 Å². The molecule has 0 N–H and O–H groups in total. The number of nitrogens with zero attached hydrogens (tertiary/aromatic N) is 1. The van der Waals surface area contributed by atoms with E-state index in [1.807, 2.05) is 54.9 Å². The SMILES string of the molecule is CC(C)C(=O)c1cn(Cc2ccccc2F)c2ccccc12. The predicted octanol–water partition coefficient (Wildman–Crippen LogP) is 4.67. The van der Waals surface area contributed by atoms with Crippen molar-refractivity contribution in [2.45, 2.75) is 20.4 Å². The molecule has 0 spiro atoms. The summed E-state index contributed by atoms with van der Waals surface area (Å²) in [5.74, 6) is -0.173. The van der Waals surface area contributed by atoms with Crippen LogP contribution in [-0.4, -0.2) is 10.4 Å². The lowest BCUT2D eigenvalue weighted by Gasteiger charge is -2.06. The van der Waals surface area contributed by atoms with E-state index in [0.717, 1.165) is 10.9 Å². The summed E-state index contributed by atoms with van der Waals surface area (Å²) in [4.78, 5) is 12.4. The van der Waals surface area contributed by atoms with Crippen LogP contribution in [0.3, 0.4) is 0 Å². The van der Waals surface area contributed by atoms with Gasteiger partial charge in [0.2, 0.25) is 0 Å². The highest BCUT2D eigenvalue weighted by atomic mass is 19.1. The maximum absolute atomic E-state index is 13.9. The van der Waals surface area contributed by atoms with E-state index in [0.29, 0.717) is 17.7 Å². The zero-order valence-electron chi connectivity index (χ0n) is 12.7. The fraction of sp³-hybridized carbons (Fsp3) is 0.211. The van der Waals surface area contributed by atoms with Crippen molar-refractivity contribution in [3.8, 4) is 0 Å². The minimum absolute atomic E-state index is 0.0623. The van der Waals surface area contributed by atoms with E-state index in [9.17, 15) is 9.18 Å². The molecule has 0 amide bonds. The van der Waals surface area contributed by atoms with Gasteiger partial charge < -0.3 is 4.57 Å². The minimum Gasteiger partial charge on any atom is -0.342 e. The fourth-order valence-electron chi connectivity index (χ4n) is 2.70. The Bertz CT molecular complexity index is 832. The van der Waals surface area contributed by atoms with Gasteiger partial charge in [-0.1, -0.05) is 50.2 Å². The second-order valence-corrected chi connectivity index (χ2v) is 5.80. The van der Waals surface area contributed by atoms with Crippen molar-refractivity contribution in [3.05, 3.63) is 71.7 Å². The molecule has 0 atom stereocenters. The third kappa shape index (κ3) is 2.54. The Labute approximate surface area is 129 Å². The molecule has 0 aliphatic carbocycles. The third-order valence-electron chi connectivity index (χ3n) is 3.88. The van der Waals surface area contributed by atoms with Crippen LogP contribution in [0.5, 0.6) is 0 Å². The van der Waals surface area contributed by atoms with Gasteiger partial charge in [-0.3, -0.25) is 4.79 Å². The van der Waals surface area contributed by atoms with Gasteiger partial charge in [-0.25, -0.2) is 4.39 Å². The van der Waals surface area contributed by atoms with Crippen LogP contribution in [0, 0.1) is 11.7 Å². The Morgan fingerprint density at radius 1 is 1.09 bits per heavy atom. The van der Waals surface area contributed by atoms with Crippen LogP contribution < -0.4 is 0 Å². The van der Waals surface area contributed by atoms with E-state index < -0.39 is 0 Å². The van der Waals surface area contributed by atoms with Crippen LogP contribution in [-0.2, 0) is 6.54 Å². The van der Waals surface area contributed by atoms with Gasteiger partial charge in [0.25, 0.3) is 0 Å². The maximum atomic E-state index is 13.9. The van der Waals surface area contributed by atoms with Crippen molar-refractivity contribution < 1.29 is 9.18 Å². The van der Waals surface area contributed by atoms with Crippen molar-refractivity contribution in [1.82, 2.24) is 4.57 Å². The Morgan fingerprint density at radius 2 is 1.77 bits per heavy atom. The van der Waals surface area contributed by atoms with Gasteiger partial charge >= 0.3 is 0 Å². The molecule has 3 aromatic rings. The van der Waals surface area contributed by atoms with Gasteiger partial charge in [0.1, 0.15) is 5.82 Å². The van der Waals surface area contributed by atoms with E-state index in [-0.39, 0.29) is 17.5 Å². The maximum Gasteiger partial charge on any atom is 0.167 e. The molecule has 0 radical (unpaired) electrons. The summed E-state index contributed by atoms with van der Waals surface area (Å²) in [5.41, 5.74) is 2.28. The second-order valence-electron chi connectivity index (χ2n) is 5.80. The number of carbonyl (C=O) groups excluding carboxylic acids is 1. The molecular weight excluding hydrogens is 277 g/mol. The summed E-state index contributed by atoms with van der Waals surface area (Å²) in [6.07, 6.45) is 1.85. The number of aromatic nitrogens is 1. The van der Waals surface area contributed by atoms with Gasteiger partial charge in [0, 0.05) is 34.1 Å². The highest BCUT2D eigenvalue weighted by molar-refractivity contribution is 6.08. The summed E-state index contributed by atoms with van der Waals surface area (Å²) < 4.78 is 15.8. The van der Waals surface area contributed by atoms with Crippen molar-refractivity contribution >= 4 is 16.7 Å². The Kier molecular flexibility index (Phi) is 3.80. The predicted molar refractivity (Wildman–Crippen MR) is 86.6 cm³/mol. The van der Waals surface area contributed by atoms with Crippen LogP contribution in [0.2, 0.25) is 0 Å². The summed E-state index contributed by atoms with van der Waals surface area (Å²) in [6, 6.07) is 14.5. The van der Waals surface area contributed by atoms with Gasteiger partial charge in [-0.05, 0) is 12.1 Å². The molecule has 2 nitrogen and oxygen atoms in total. The van der Waals surface area contributed by atoms with Gasteiger partial charge in [-0.15, -0.1) is 0 Å². The lowest BCUT2D eigenvalue weighted by atomic mass is 10.0. The standard InChI is InChI=1S/C19H18FNO/c1-13(2)19(22)16-12-21(18-10-6-4-8-15(16)18)11-14-7-3-5-9-17(14)20/h3-10,12-13H,11H2,1-2H3. The molecule has 1 heterocycles. The van der Waals surface area contributed by atoms with Crippen LogP contribution >= 0.6 is 0 Å². The first kappa shape index (κ1) is 14.5. The molecule has 3 heteroatoms. The number of ketones is 1. The van der Waals surface area contributed by atoms with E-state index >= 15 is 0 Å². The molecule has 1 aromatic heterocycles. The lowest BCUT2D eigenvalue weighted by molar-refractivity contribution is 0.0941. The average Bonchev–Trinajstić information content (AvgIpc) is 2.88. The second kappa shape index (κ2) is 5.76. The molecule has 0 unspecified atom stereocenters. The number of para-hydroxylation sites is 1. The molecule has 0 bridgehead atoms. The highest BCUT2D eigenvalue weighted by Crippen LogP contribution is 2.25. The van der Waals surface area contributed by atoms with Gasteiger partial charge in [-0.2, -0.15) is 0 Å². The van der Waals surface area contributed by atoms with Crippen LogP contribution in [0.25, 0.3) is 10.9 Å². The molecule has 0 saturated heterocycles. The largest absolute Gasteiger partial charge is 0.342 e. The number of carbonyl (C=O) groups is 1. The first-order valence-electron chi connectivity index (χ1n) is 7.43. The van der Waals surface area contributed by atoms with E-state index in [1.165, 1.54) is 6.07 Å². The fourth-order valence-corrected chi connectivity index (χ4v) is 2.70. The molecule has 0 aliphatic heterocycles. The quantitative estimate of drug-likeness (QED) is 0.641. The number of Topliss-reactive ketones (excluding diaryl/α,β-unsaturated/α-hetero) is 1. The molecule has 0 saturated carbocycles. The van der Waals surface area contributed by atoms with Crippen LogP contribution in [0.1, 0.15) is 29.8 Å². The summed E-state index contributed by atoms with van der Waals surface area (Å²) >= 11 is 0. The van der Waals surface area contributed by atoms with Crippen molar-refractivity contribution in [2.24, 2.45) is 5.92 Å². The van der Waals surface area contributed by atoms with E-state index in [4.69, 9.17) is 0 Å². The minimum atomic E-state index is -0.225. The molecule has 3 rings (SSSR count). The first-order chi connectivity index (χ1) is 10.6. The Hall–Kier alpha value is -2.42. The number of benzene rings is 2. The Balaban J connectivity index is 2.11. The van der Waals surface area contributed by atoms with Gasteiger partial charge in [0.15, 0.2) is 5.78 Å². The molecule has 0 aliphatic rings. The smallest absolute Gasteiger partial charge is 0.167 e. The monoisotopic (exact) mass is 295 g/mol. The zero-order chi connectivity index (χ0) is 15.7. The third-order valence-corrected chi connectivity index (χ3v) is 3.88. The summed E-state index contributed by atoms with van der Waals surface area (Å²) in [6.45, 7) is 4.20. The normalized spacial score (nSPS) is 11.3. The molecule has 2 aromatic carbocycles. The van der Waals surface area contributed by atoms with Gasteiger partial charge in [0.05, 0.1) is 6.54 Å². The van der Waals surface area contributed by atoms with E-state index in [1.54, 1.807) is 12.1 Å². The number of hydrogen-bond donors (Lipinski definition) is 0. The summed E-state index contributed by atoms with van der Waals surface area (Å²) in [5, 5.41) is 0.928. The highest BCUT2D eigenvalue weighted by Gasteiger charge is 2.17. The molecular formula is C19H18FNO. The average molecular weight is 295 g/mol. The summed E-state index contributed by atoms with van der Waals surface area (Å²) in [7, 11) is 0. The first-order valence-corrected chi connectivity index (χ1v) is 7.43. The zero-order valence-corrected chi connectivity index (χ0v) is 12.7. The molecule has 22 heavy (non-hydrogen) atoms. The Morgan fingerprint density at radius 3 is 2.50 bits per heavy atom. The molecule has 112 valence electrons. The van der Waals surface area contributed by atoms with Crippen LogP contribution in [0.4, 0.5) is 4.39 Å². The van der Waals surface area contributed by atoms with Crippen molar-refractivity contribution in [2.75, 3.05) is 0 Å². The van der Waals surface area contributed by atoms with Crippen molar-refractivity contribution in [3.63, 3.8) is 0 Å². The number of halogens is 1. The lowest BCUT2D eigenvalue weighted by Crippen LogP contribution is -2.07. The number of fused-ring (bicyclic) bond motifs is 1. The number of rotatable bonds is 4. The molecule has 0 fully saturated rings. The topological polar surface area (TPSA) is 22.0 Å². The number of hydrogen-bond acceptors (Lipinski definition) is 1. The van der Waals surface area contributed by atoms with Crippen molar-refractivity contribution in [1.29, 1.82) is 0 Å². The van der Waals surface area contributed by atoms with Crippen LogP contribution in [0.15, 0.2) is 54.7 Å².